The minimum atomic E-state index is -0.120. The van der Waals surface area contributed by atoms with Crippen LogP contribution in [0.2, 0.25) is 0 Å². The van der Waals surface area contributed by atoms with E-state index in [1.807, 2.05) is 0 Å². The zero-order valence-electron chi connectivity index (χ0n) is 26.1. The Bertz CT molecular complexity index is 1480. The number of aromatic nitrogens is 2. The van der Waals surface area contributed by atoms with E-state index in [1.54, 1.807) is 44.6 Å². The van der Waals surface area contributed by atoms with Crippen LogP contribution in [-0.4, -0.2) is 4.98 Å². The average molecular weight is 522 g/mol. The van der Waals surface area contributed by atoms with Crippen molar-refractivity contribution in [2.75, 3.05) is 0 Å². The number of hydrogen-bond donors (Lipinski definition) is 0. The van der Waals surface area contributed by atoms with Crippen molar-refractivity contribution < 1.29 is 4.57 Å². The molecule has 206 valence electrons. The topological polar surface area (TPSA) is 16.8 Å². The lowest BCUT2D eigenvalue weighted by atomic mass is 9.70. The SMILES string of the molecule is Cc1cc(C(C)(C)c2c(C)c[n+](C(C)(C)c3c(C)ncc4c3CCC4)c3c2CCC3)c2c(c1C(C)C)CCC2. The predicted molar refractivity (Wildman–Crippen MR) is 162 cm³/mol. The van der Waals surface area contributed by atoms with Crippen LogP contribution in [0.5, 0.6) is 0 Å². The first-order chi connectivity index (χ1) is 18.4. The molecule has 0 fully saturated rings. The normalized spacial score (nSPS) is 16.7. The van der Waals surface area contributed by atoms with Crippen molar-refractivity contribution in [3.05, 3.63) is 91.0 Å². The van der Waals surface area contributed by atoms with Crippen LogP contribution in [-0.2, 0) is 49.5 Å². The Kier molecular flexibility index (Phi) is 6.36. The third kappa shape index (κ3) is 3.95. The minimum absolute atomic E-state index is 0.0120. The van der Waals surface area contributed by atoms with Gasteiger partial charge in [-0.2, -0.15) is 4.57 Å². The molecule has 1 aromatic carbocycles. The van der Waals surface area contributed by atoms with Crippen molar-refractivity contribution in [3.63, 3.8) is 0 Å². The molecule has 3 aliphatic carbocycles. The van der Waals surface area contributed by atoms with Gasteiger partial charge in [-0.25, -0.2) is 0 Å². The zero-order valence-corrected chi connectivity index (χ0v) is 26.1. The molecule has 2 heterocycles. The maximum absolute atomic E-state index is 4.90. The monoisotopic (exact) mass is 521 g/mol. The molecule has 0 atom stereocenters. The molecule has 0 aliphatic heterocycles. The van der Waals surface area contributed by atoms with Gasteiger partial charge in [-0.1, -0.05) is 33.8 Å². The molecular formula is C37H49N2+. The molecule has 0 spiro atoms. The molecule has 0 saturated heterocycles. The van der Waals surface area contributed by atoms with Crippen molar-refractivity contribution in [1.29, 1.82) is 0 Å². The van der Waals surface area contributed by atoms with Crippen molar-refractivity contribution in [1.82, 2.24) is 4.98 Å². The first-order valence-corrected chi connectivity index (χ1v) is 15.7. The van der Waals surface area contributed by atoms with Gasteiger partial charge < -0.3 is 0 Å². The van der Waals surface area contributed by atoms with Crippen molar-refractivity contribution in [3.8, 4) is 0 Å². The molecule has 2 heteroatoms. The summed E-state index contributed by atoms with van der Waals surface area (Å²) in [5.41, 5.74) is 19.9. The van der Waals surface area contributed by atoms with Crippen molar-refractivity contribution in [2.24, 2.45) is 0 Å². The predicted octanol–water partition coefficient (Wildman–Crippen LogP) is 7.99. The second kappa shape index (κ2) is 9.28. The van der Waals surface area contributed by atoms with Gasteiger partial charge in [0.05, 0.1) is 0 Å². The third-order valence-electron chi connectivity index (χ3n) is 10.6. The smallest absolute Gasteiger partial charge is 0.189 e. The lowest BCUT2D eigenvalue weighted by molar-refractivity contribution is -0.754. The van der Waals surface area contributed by atoms with Gasteiger partial charge in [0.2, 0.25) is 0 Å². The number of rotatable bonds is 5. The van der Waals surface area contributed by atoms with Gasteiger partial charge in [-0.3, -0.25) is 4.98 Å². The largest absolute Gasteiger partial charge is 0.261 e. The highest BCUT2D eigenvalue weighted by Crippen LogP contribution is 2.45. The lowest BCUT2D eigenvalue weighted by Gasteiger charge is -2.34. The van der Waals surface area contributed by atoms with Gasteiger partial charge >= 0.3 is 0 Å². The number of benzene rings is 1. The van der Waals surface area contributed by atoms with Crippen LogP contribution in [0.25, 0.3) is 0 Å². The van der Waals surface area contributed by atoms with E-state index >= 15 is 0 Å². The van der Waals surface area contributed by atoms with E-state index in [4.69, 9.17) is 4.98 Å². The van der Waals surface area contributed by atoms with Crippen LogP contribution < -0.4 is 4.57 Å². The van der Waals surface area contributed by atoms with E-state index in [0.29, 0.717) is 5.92 Å². The summed E-state index contributed by atoms with van der Waals surface area (Å²) < 4.78 is 2.67. The fraction of sp³-hybridized carbons (Fsp3) is 0.568. The first-order valence-electron chi connectivity index (χ1n) is 15.7. The highest BCUT2D eigenvalue weighted by molar-refractivity contribution is 5.57. The Morgan fingerprint density at radius 3 is 2.13 bits per heavy atom. The molecule has 6 rings (SSSR count). The Morgan fingerprint density at radius 2 is 1.38 bits per heavy atom. The highest BCUT2D eigenvalue weighted by atomic mass is 15.1. The number of hydrogen-bond acceptors (Lipinski definition) is 1. The van der Waals surface area contributed by atoms with Gasteiger partial charge in [0, 0.05) is 54.3 Å². The number of aryl methyl sites for hydroxylation is 4. The fourth-order valence-corrected chi connectivity index (χ4v) is 9.24. The van der Waals surface area contributed by atoms with Crippen molar-refractivity contribution >= 4 is 0 Å². The summed E-state index contributed by atoms with van der Waals surface area (Å²) in [6.07, 6.45) is 15.7. The number of nitrogens with zero attached hydrogens (tertiary/aromatic N) is 2. The van der Waals surface area contributed by atoms with Gasteiger partial charge in [0.15, 0.2) is 17.4 Å². The summed E-state index contributed by atoms with van der Waals surface area (Å²) in [7, 11) is 0. The molecule has 0 N–H and O–H groups in total. The van der Waals surface area contributed by atoms with E-state index in [1.165, 1.54) is 85.7 Å². The second-order valence-electron chi connectivity index (χ2n) is 14.2. The quantitative estimate of drug-likeness (QED) is 0.311. The van der Waals surface area contributed by atoms with E-state index in [2.05, 4.69) is 85.3 Å². The van der Waals surface area contributed by atoms with Crippen LogP contribution in [0.3, 0.4) is 0 Å². The van der Waals surface area contributed by atoms with Gasteiger partial charge in [0.1, 0.15) is 0 Å². The average Bonchev–Trinajstić information content (AvgIpc) is 3.62. The summed E-state index contributed by atoms with van der Waals surface area (Å²) in [6, 6.07) is 2.58. The molecule has 0 amide bonds. The fourth-order valence-electron chi connectivity index (χ4n) is 9.24. The molecule has 0 radical (unpaired) electrons. The van der Waals surface area contributed by atoms with Crippen LogP contribution in [0.4, 0.5) is 0 Å². The molecule has 2 aromatic heterocycles. The highest BCUT2D eigenvalue weighted by Gasteiger charge is 2.44. The van der Waals surface area contributed by atoms with Gasteiger partial charge in [-0.05, 0) is 123 Å². The Labute approximate surface area is 237 Å². The summed E-state index contributed by atoms with van der Waals surface area (Å²) in [6.45, 7) is 21.6. The van der Waals surface area contributed by atoms with Crippen molar-refractivity contribution in [2.45, 2.75) is 137 Å². The molecule has 0 bridgehead atoms. The summed E-state index contributed by atoms with van der Waals surface area (Å²) in [5, 5.41) is 0. The summed E-state index contributed by atoms with van der Waals surface area (Å²) >= 11 is 0. The second-order valence-corrected chi connectivity index (χ2v) is 14.2. The summed E-state index contributed by atoms with van der Waals surface area (Å²) in [5.74, 6) is 0.593. The van der Waals surface area contributed by atoms with E-state index in [9.17, 15) is 0 Å². The molecule has 39 heavy (non-hydrogen) atoms. The Morgan fingerprint density at radius 1 is 0.744 bits per heavy atom. The standard InChI is InChI=1S/C37H49N2/c1-22(2)33-23(3)19-31(28-15-11-16-29(28)33)36(6,7)34-24(4)21-39(32-18-12-17-30(32)34)37(8,9)35-25(5)38-20-26-13-10-14-27(26)35/h19-22H,10-18H2,1-9H3/q+1. The molecule has 3 aromatic rings. The number of pyridine rings is 2. The van der Waals surface area contributed by atoms with Crippen LogP contribution in [0.15, 0.2) is 18.5 Å². The van der Waals surface area contributed by atoms with Gasteiger partial charge in [-0.15, -0.1) is 0 Å². The van der Waals surface area contributed by atoms with E-state index < -0.39 is 0 Å². The first kappa shape index (κ1) is 26.7. The molecule has 3 aliphatic rings. The maximum Gasteiger partial charge on any atom is 0.189 e. The van der Waals surface area contributed by atoms with E-state index in [-0.39, 0.29) is 11.0 Å². The third-order valence-corrected chi connectivity index (χ3v) is 10.6. The Hall–Kier alpha value is -2.48. The van der Waals surface area contributed by atoms with E-state index in [0.717, 1.165) is 0 Å². The van der Waals surface area contributed by atoms with Gasteiger partial charge in [0.25, 0.3) is 0 Å². The summed E-state index contributed by atoms with van der Waals surface area (Å²) in [4.78, 5) is 4.90. The lowest BCUT2D eigenvalue weighted by Crippen LogP contribution is -2.57. The van der Waals surface area contributed by atoms with Crippen LogP contribution in [0, 0.1) is 20.8 Å². The van der Waals surface area contributed by atoms with Crippen LogP contribution in [0.1, 0.15) is 139 Å². The molecular weight excluding hydrogens is 472 g/mol. The minimum Gasteiger partial charge on any atom is -0.261 e. The molecule has 2 nitrogen and oxygen atoms in total. The number of fused-ring (bicyclic) bond motifs is 3. The maximum atomic E-state index is 4.90. The van der Waals surface area contributed by atoms with Crippen LogP contribution >= 0.6 is 0 Å². The Balaban J connectivity index is 1.54. The molecule has 0 saturated carbocycles. The zero-order chi connectivity index (χ0) is 27.9. The molecule has 0 unspecified atom stereocenters.